The van der Waals surface area contributed by atoms with Crippen molar-refractivity contribution in [2.75, 3.05) is 5.32 Å². The van der Waals surface area contributed by atoms with Gasteiger partial charge in [0, 0.05) is 11.4 Å². The predicted octanol–water partition coefficient (Wildman–Crippen LogP) is 0.926. The van der Waals surface area contributed by atoms with Gasteiger partial charge in [-0.1, -0.05) is 6.07 Å². The third kappa shape index (κ3) is 2.70. The number of hydrogen-bond donors (Lipinski definition) is 3. The smallest absolute Gasteiger partial charge is 0.259 e. The van der Waals surface area contributed by atoms with E-state index in [0.29, 0.717) is 22.5 Å². The predicted molar refractivity (Wildman–Crippen MR) is 73.8 cm³/mol. The first-order valence-electron chi connectivity index (χ1n) is 5.74. The highest BCUT2D eigenvalue weighted by atomic mass is 32.2. The Morgan fingerprint density at radius 2 is 2.05 bits per heavy atom. The number of anilines is 1. The highest BCUT2D eigenvalue weighted by Gasteiger charge is 2.16. The maximum atomic E-state index is 12.1. The van der Waals surface area contributed by atoms with Crippen molar-refractivity contribution in [3.63, 3.8) is 0 Å². The fourth-order valence-corrected chi connectivity index (χ4v) is 2.63. The molecule has 0 saturated heterocycles. The van der Waals surface area contributed by atoms with Gasteiger partial charge in [0.2, 0.25) is 10.0 Å². The van der Waals surface area contributed by atoms with Gasteiger partial charge in [-0.3, -0.25) is 9.89 Å². The van der Waals surface area contributed by atoms with Crippen molar-refractivity contribution in [3.05, 3.63) is 41.2 Å². The highest BCUT2D eigenvalue weighted by Crippen LogP contribution is 2.22. The second kappa shape index (κ2) is 5.06. The number of carbonyl (C=O) groups excluding carboxylic acids is 1. The zero-order valence-corrected chi connectivity index (χ0v) is 11.8. The van der Waals surface area contributed by atoms with Crippen LogP contribution >= 0.6 is 0 Å². The first kappa shape index (κ1) is 14.2. The second-order valence-corrected chi connectivity index (χ2v) is 5.87. The van der Waals surface area contributed by atoms with Gasteiger partial charge in [-0.15, -0.1) is 0 Å². The normalized spacial score (nSPS) is 11.3. The summed E-state index contributed by atoms with van der Waals surface area (Å²) in [5.74, 6) is -0.370. The maximum Gasteiger partial charge on any atom is 0.259 e. The fourth-order valence-electron chi connectivity index (χ4n) is 1.83. The van der Waals surface area contributed by atoms with E-state index in [0.717, 1.165) is 0 Å². The van der Waals surface area contributed by atoms with Crippen LogP contribution in [0.5, 0.6) is 0 Å². The van der Waals surface area contributed by atoms with E-state index >= 15 is 0 Å². The molecule has 0 unspecified atom stereocenters. The molecule has 1 amide bonds. The summed E-state index contributed by atoms with van der Waals surface area (Å²) in [5.41, 5.74) is 1.81. The summed E-state index contributed by atoms with van der Waals surface area (Å²) in [6, 6.07) is 4.52. The van der Waals surface area contributed by atoms with Crippen molar-refractivity contribution in [2.24, 2.45) is 5.14 Å². The van der Waals surface area contributed by atoms with Crippen LogP contribution < -0.4 is 10.5 Å². The number of nitrogens with two attached hydrogens (primary N) is 1. The Morgan fingerprint density at radius 1 is 1.35 bits per heavy atom. The molecule has 7 nitrogen and oxygen atoms in total. The van der Waals surface area contributed by atoms with E-state index in [1.807, 2.05) is 0 Å². The molecule has 8 heteroatoms. The first-order valence-corrected chi connectivity index (χ1v) is 7.29. The number of nitrogens with one attached hydrogen (secondary N) is 2. The van der Waals surface area contributed by atoms with E-state index in [-0.39, 0.29) is 10.8 Å². The van der Waals surface area contributed by atoms with Crippen LogP contribution in [0.2, 0.25) is 0 Å². The molecule has 0 saturated carbocycles. The molecule has 2 aromatic rings. The molecule has 1 aromatic carbocycles. The lowest BCUT2D eigenvalue weighted by molar-refractivity contribution is 0.102. The minimum absolute atomic E-state index is 0.0146. The van der Waals surface area contributed by atoms with Crippen LogP contribution in [0, 0.1) is 13.8 Å². The minimum atomic E-state index is -3.82. The van der Waals surface area contributed by atoms with Gasteiger partial charge in [0.15, 0.2) is 0 Å². The summed E-state index contributed by atoms with van der Waals surface area (Å²) in [5, 5.41) is 14.2. The van der Waals surface area contributed by atoms with Crippen LogP contribution in [0.25, 0.3) is 0 Å². The van der Waals surface area contributed by atoms with Crippen LogP contribution in [-0.2, 0) is 10.0 Å². The number of carbonyl (C=O) groups is 1. The van der Waals surface area contributed by atoms with Gasteiger partial charge >= 0.3 is 0 Å². The van der Waals surface area contributed by atoms with Crippen molar-refractivity contribution in [2.45, 2.75) is 18.7 Å². The molecule has 1 aromatic heterocycles. The number of hydrogen-bond acceptors (Lipinski definition) is 4. The van der Waals surface area contributed by atoms with Gasteiger partial charge < -0.3 is 5.32 Å². The molecule has 0 bridgehead atoms. The van der Waals surface area contributed by atoms with E-state index in [1.165, 1.54) is 18.3 Å². The number of H-pyrrole nitrogens is 1. The van der Waals surface area contributed by atoms with E-state index < -0.39 is 10.0 Å². The Balaban J connectivity index is 2.36. The van der Waals surface area contributed by atoms with Crippen LogP contribution in [0.15, 0.2) is 29.3 Å². The number of aromatic amines is 1. The lowest BCUT2D eigenvalue weighted by Gasteiger charge is -2.11. The lowest BCUT2D eigenvalue weighted by atomic mass is 10.2. The van der Waals surface area contributed by atoms with Crippen LogP contribution in [0.4, 0.5) is 5.69 Å². The molecule has 20 heavy (non-hydrogen) atoms. The van der Waals surface area contributed by atoms with E-state index in [2.05, 4.69) is 15.5 Å². The quantitative estimate of drug-likeness (QED) is 0.780. The van der Waals surface area contributed by atoms with Gasteiger partial charge in [0.1, 0.15) is 0 Å². The number of aromatic nitrogens is 2. The Morgan fingerprint density at radius 3 is 2.60 bits per heavy atom. The SMILES string of the molecule is Cc1[nH]ncc1C(=O)Nc1cccc(S(N)(=O)=O)c1C. The average Bonchev–Trinajstić information content (AvgIpc) is 2.76. The Kier molecular flexibility index (Phi) is 3.60. The lowest BCUT2D eigenvalue weighted by Crippen LogP contribution is -2.17. The Bertz CT molecular complexity index is 765. The zero-order valence-electron chi connectivity index (χ0n) is 11.0. The van der Waals surface area contributed by atoms with E-state index in [9.17, 15) is 13.2 Å². The maximum absolute atomic E-state index is 12.1. The van der Waals surface area contributed by atoms with Gasteiger partial charge in [-0.25, -0.2) is 13.6 Å². The Labute approximate surface area is 116 Å². The topological polar surface area (TPSA) is 118 Å². The second-order valence-electron chi connectivity index (χ2n) is 4.34. The number of rotatable bonds is 3. The zero-order chi connectivity index (χ0) is 14.9. The largest absolute Gasteiger partial charge is 0.322 e. The molecule has 0 spiro atoms. The van der Waals surface area contributed by atoms with Crippen LogP contribution in [-0.4, -0.2) is 24.5 Å². The molecule has 1 heterocycles. The number of nitrogens with zero attached hydrogens (tertiary/aromatic N) is 1. The molecule has 0 fully saturated rings. The fraction of sp³-hybridized carbons (Fsp3) is 0.167. The third-order valence-electron chi connectivity index (χ3n) is 2.91. The third-order valence-corrected chi connectivity index (χ3v) is 3.97. The van der Waals surface area contributed by atoms with Crippen molar-refractivity contribution in [1.29, 1.82) is 0 Å². The standard InChI is InChI=1S/C12H14N4O3S/c1-7-10(4-3-5-11(7)20(13,18)19)15-12(17)9-6-14-16-8(9)2/h3-6H,1-2H3,(H,14,16)(H,15,17)(H2,13,18,19). The van der Waals surface area contributed by atoms with E-state index in [1.54, 1.807) is 19.9 Å². The van der Waals surface area contributed by atoms with Crippen molar-refractivity contribution in [3.8, 4) is 0 Å². The average molecular weight is 294 g/mol. The molecule has 106 valence electrons. The summed E-state index contributed by atoms with van der Waals surface area (Å²) >= 11 is 0. The molecule has 2 rings (SSSR count). The highest BCUT2D eigenvalue weighted by molar-refractivity contribution is 7.89. The van der Waals surface area contributed by atoms with Gasteiger partial charge in [-0.2, -0.15) is 5.10 Å². The molecule has 0 atom stereocenters. The number of benzene rings is 1. The van der Waals surface area contributed by atoms with Gasteiger partial charge in [-0.05, 0) is 31.5 Å². The molecule has 0 aliphatic rings. The molecule has 0 aliphatic carbocycles. The van der Waals surface area contributed by atoms with Crippen LogP contribution in [0.1, 0.15) is 21.6 Å². The summed E-state index contributed by atoms with van der Waals surface area (Å²) in [6.07, 6.45) is 1.41. The molecular formula is C12H14N4O3S. The summed E-state index contributed by atoms with van der Waals surface area (Å²) in [6.45, 7) is 3.30. The molecule has 0 aliphatic heterocycles. The van der Waals surface area contributed by atoms with Crippen molar-refractivity contribution in [1.82, 2.24) is 10.2 Å². The van der Waals surface area contributed by atoms with Crippen molar-refractivity contribution < 1.29 is 13.2 Å². The number of sulfonamides is 1. The molecular weight excluding hydrogens is 280 g/mol. The van der Waals surface area contributed by atoms with Crippen molar-refractivity contribution >= 4 is 21.6 Å². The molecule has 0 radical (unpaired) electrons. The number of primary sulfonamides is 1. The van der Waals surface area contributed by atoms with Gasteiger partial charge in [0.05, 0.1) is 16.7 Å². The summed E-state index contributed by atoms with van der Waals surface area (Å²) in [4.78, 5) is 12.0. The molecule has 4 N–H and O–H groups in total. The number of aryl methyl sites for hydroxylation is 1. The summed E-state index contributed by atoms with van der Waals surface area (Å²) in [7, 11) is -3.82. The van der Waals surface area contributed by atoms with Gasteiger partial charge in [0.25, 0.3) is 5.91 Å². The monoisotopic (exact) mass is 294 g/mol. The van der Waals surface area contributed by atoms with Crippen LogP contribution in [0.3, 0.4) is 0 Å². The first-order chi connectivity index (χ1) is 9.30. The minimum Gasteiger partial charge on any atom is -0.322 e. The number of amides is 1. The summed E-state index contributed by atoms with van der Waals surface area (Å²) < 4.78 is 22.8. The van der Waals surface area contributed by atoms with E-state index in [4.69, 9.17) is 5.14 Å². The Hall–Kier alpha value is -2.19.